The van der Waals surface area contributed by atoms with Crippen molar-refractivity contribution in [2.75, 3.05) is 0 Å². The third-order valence-electron chi connectivity index (χ3n) is 2.99. The lowest BCUT2D eigenvalue weighted by Gasteiger charge is -2.19. The van der Waals surface area contributed by atoms with E-state index in [0.29, 0.717) is 5.56 Å². The number of primary amides is 1. The summed E-state index contributed by atoms with van der Waals surface area (Å²) in [7, 11) is 0. The van der Waals surface area contributed by atoms with Crippen molar-refractivity contribution in [1.29, 1.82) is 0 Å². The number of nitrogens with two attached hydrogens (primary N) is 1. The second-order valence-electron chi connectivity index (χ2n) is 5.44. The lowest BCUT2D eigenvalue weighted by molar-refractivity contribution is -0.133. The molecule has 116 valence electrons. The lowest BCUT2D eigenvalue weighted by atomic mass is 10.0. The van der Waals surface area contributed by atoms with E-state index in [1.54, 1.807) is 6.07 Å². The molecule has 0 aliphatic carbocycles. The minimum absolute atomic E-state index is 0.0766. The van der Waals surface area contributed by atoms with E-state index in [2.05, 4.69) is 5.32 Å². The predicted molar refractivity (Wildman–Crippen MR) is 76.7 cm³/mol. The first-order chi connectivity index (χ1) is 9.79. The van der Waals surface area contributed by atoms with Crippen molar-refractivity contribution < 1.29 is 19.1 Å². The van der Waals surface area contributed by atoms with E-state index in [1.807, 2.05) is 13.8 Å². The topological polar surface area (TPSA) is 92.4 Å². The molecule has 2 atom stereocenters. The molecule has 1 rings (SSSR count). The summed E-state index contributed by atoms with van der Waals surface area (Å²) in [6, 6.07) is 4.72. The van der Waals surface area contributed by atoms with Crippen LogP contribution in [-0.2, 0) is 16.0 Å². The Kier molecular flexibility index (Phi) is 6.30. The molecule has 0 heterocycles. The third-order valence-corrected chi connectivity index (χ3v) is 2.99. The van der Waals surface area contributed by atoms with Crippen LogP contribution in [0.15, 0.2) is 24.3 Å². The summed E-state index contributed by atoms with van der Waals surface area (Å²) >= 11 is 0. The molecule has 4 N–H and O–H groups in total. The highest BCUT2D eigenvalue weighted by Gasteiger charge is 2.23. The van der Waals surface area contributed by atoms with Gasteiger partial charge in [-0.15, -0.1) is 0 Å². The Labute approximate surface area is 123 Å². The molecule has 1 aromatic rings. The minimum atomic E-state index is -1.20. The molecular formula is C15H21FN2O3. The molecule has 6 heteroatoms. The second kappa shape index (κ2) is 7.73. The van der Waals surface area contributed by atoms with E-state index < -0.39 is 29.8 Å². The normalized spacial score (nSPS) is 13.8. The van der Waals surface area contributed by atoms with Gasteiger partial charge in [0.25, 0.3) is 0 Å². The average molecular weight is 296 g/mol. The van der Waals surface area contributed by atoms with Gasteiger partial charge < -0.3 is 16.2 Å². The Hall–Kier alpha value is -1.95. The van der Waals surface area contributed by atoms with Crippen LogP contribution in [0.2, 0.25) is 0 Å². The number of hydrogen-bond donors (Lipinski definition) is 3. The first-order valence-electron chi connectivity index (χ1n) is 6.81. The number of carbonyl (C=O) groups excluding carboxylic acids is 2. The number of amides is 2. The molecule has 1 aromatic carbocycles. The summed E-state index contributed by atoms with van der Waals surface area (Å²) in [4.78, 5) is 23.2. The Morgan fingerprint density at radius 3 is 2.57 bits per heavy atom. The molecule has 0 spiro atoms. The van der Waals surface area contributed by atoms with Gasteiger partial charge in [0.05, 0.1) is 0 Å². The standard InChI is InChI=1S/C15H21FN2O3/c1-9(2)6-13(19)15(21)18-12(14(17)20)8-10-4-3-5-11(16)7-10/h3-5,7,9,12-13,19H,6,8H2,1-2H3,(H2,17,20)(H,18,21)/t12-,13+/m0/s1. The van der Waals surface area contributed by atoms with Crippen LogP contribution in [0.3, 0.4) is 0 Å². The van der Waals surface area contributed by atoms with Crippen molar-refractivity contribution in [3.8, 4) is 0 Å². The van der Waals surface area contributed by atoms with Crippen molar-refractivity contribution in [2.45, 2.75) is 38.8 Å². The molecule has 0 saturated carbocycles. The van der Waals surface area contributed by atoms with Gasteiger partial charge in [-0.3, -0.25) is 9.59 Å². The van der Waals surface area contributed by atoms with Gasteiger partial charge in [-0.25, -0.2) is 4.39 Å². The van der Waals surface area contributed by atoms with Gasteiger partial charge in [0, 0.05) is 6.42 Å². The zero-order chi connectivity index (χ0) is 16.0. The summed E-state index contributed by atoms with van der Waals surface area (Å²) in [6.07, 6.45) is -0.829. The summed E-state index contributed by atoms with van der Waals surface area (Å²) in [5.41, 5.74) is 5.78. The van der Waals surface area contributed by atoms with Gasteiger partial charge in [0.2, 0.25) is 11.8 Å². The number of nitrogens with one attached hydrogen (secondary N) is 1. The zero-order valence-corrected chi connectivity index (χ0v) is 12.2. The largest absolute Gasteiger partial charge is 0.383 e. The first-order valence-corrected chi connectivity index (χ1v) is 6.81. The van der Waals surface area contributed by atoms with Gasteiger partial charge in [0.1, 0.15) is 18.0 Å². The van der Waals surface area contributed by atoms with Gasteiger partial charge >= 0.3 is 0 Å². The first kappa shape index (κ1) is 17.1. The van der Waals surface area contributed by atoms with Crippen LogP contribution >= 0.6 is 0 Å². The molecular weight excluding hydrogens is 275 g/mol. The summed E-state index contributed by atoms with van der Waals surface area (Å²) in [5.74, 6) is -1.67. The van der Waals surface area contributed by atoms with Gasteiger partial charge in [-0.2, -0.15) is 0 Å². The lowest BCUT2D eigenvalue weighted by Crippen LogP contribution is -2.49. The Morgan fingerprint density at radius 2 is 2.05 bits per heavy atom. The van der Waals surface area contributed by atoms with Gasteiger partial charge in [0.15, 0.2) is 0 Å². The SMILES string of the molecule is CC(C)C[C@@H](O)C(=O)N[C@@H](Cc1cccc(F)c1)C(N)=O. The van der Waals surface area contributed by atoms with Crippen molar-refractivity contribution >= 4 is 11.8 Å². The zero-order valence-electron chi connectivity index (χ0n) is 12.2. The summed E-state index contributed by atoms with van der Waals surface area (Å²) in [5, 5.41) is 12.1. The molecule has 5 nitrogen and oxygen atoms in total. The summed E-state index contributed by atoms with van der Waals surface area (Å²) < 4.78 is 13.1. The van der Waals surface area contributed by atoms with Crippen LogP contribution in [0.5, 0.6) is 0 Å². The highest BCUT2D eigenvalue weighted by atomic mass is 19.1. The quantitative estimate of drug-likeness (QED) is 0.693. The predicted octanol–water partition coefficient (Wildman–Crippen LogP) is 0.745. The molecule has 0 unspecified atom stereocenters. The third kappa shape index (κ3) is 5.91. The molecule has 0 aromatic heterocycles. The highest BCUT2D eigenvalue weighted by molar-refractivity contribution is 5.88. The molecule has 2 amide bonds. The fourth-order valence-electron chi connectivity index (χ4n) is 1.94. The average Bonchev–Trinajstić information content (AvgIpc) is 2.36. The molecule has 0 aliphatic rings. The van der Waals surface area contributed by atoms with Crippen LogP contribution in [0.4, 0.5) is 4.39 Å². The molecule has 0 fully saturated rings. The smallest absolute Gasteiger partial charge is 0.249 e. The maximum Gasteiger partial charge on any atom is 0.249 e. The molecule has 0 bridgehead atoms. The van der Waals surface area contributed by atoms with Crippen LogP contribution in [-0.4, -0.2) is 29.1 Å². The van der Waals surface area contributed by atoms with E-state index >= 15 is 0 Å². The Morgan fingerprint density at radius 1 is 1.38 bits per heavy atom. The number of aliphatic hydroxyl groups is 1. The van der Waals surface area contributed by atoms with Gasteiger partial charge in [-0.05, 0) is 30.0 Å². The van der Waals surface area contributed by atoms with Crippen LogP contribution < -0.4 is 11.1 Å². The fourth-order valence-corrected chi connectivity index (χ4v) is 1.94. The van der Waals surface area contributed by atoms with E-state index in [4.69, 9.17) is 5.73 Å². The fraction of sp³-hybridized carbons (Fsp3) is 0.467. The van der Waals surface area contributed by atoms with E-state index in [-0.39, 0.29) is 18.8 Å². The molecule has 21 heavy (non-hydrogen) atoms. The minimum Gasteiger partial charge on any atom is -0.383 e. The van der Waals surface area contributed by atoms with Crippen molar-refractivity contribution in [2.24, 2.45) is 11.7 Å². The summed E-state index contributed by atoms with van der Waals surface area (Å²) in [6.45, 7) is 3.74. The van der Waals surface area contributed by atoms with Crippen molar-refractivity contribution in [3.05, 3.63) is 35.6 Å². The monoisotopic (exact) mass is 296 g/mol. The Balaban J connectivity index is 2.70. The Bertz CT molecular complexity index is 505. The van der Waals surface area contributed by atoms with Gasteiger partial charge in [-0.1, -0.05) is 26.0 Å². The maximum absolute atomic E-state index is 13.1. The number of benzene rings is 1. The number of halogens is 1. The highest BCUT2D eigenvalue weighted by Crippen LogP contribution is 2.08. The van der Waals surface area contributed by atoms with E-state index in [0.717, 1.165) is 0 Å². The molecule has 0 saturated heterocycles. The van der Waals surface area contributed by atoms with Crippen LogP contribution in [0.25, 0.3) is 0 Å². The van der Waals surface area contributed by atoms with E-state index in [9.17, 15) is 19.1 Å². The van der Waals surface area contributed by atoms with Crippen LogP contribution in [0.1, 0.15) is 25.8 Å². The molecule has 0 radical (unpaired) electrons. The molecule has 0 aliphatic heterocycles. The van der Waals surface area contributed by atoms with Crippen LogP contribution in [0, 0.1) is 11.7 Å². The van der Waals surface area contributed by atoms with E-state index in [1.165, 1.54) is 18.2 Å². The van der Waals surface area contributed by atoms with Crippen molar-refractivity contribution in [3.63, 3.8) is 0 Å². The van der Waals surface area contributed by atoms with Crippen molar-refractivity contribution in [1.82, 2.24) is 5.32 Å². The number of rotatable bonds is 7. The second-order valence-corrected chi connectivity index (χ2v) is 5.44. The number of hydrogen-bond acceptors (Lipinski definition) is 3. The maximum atomic E-state index is 13.1. The number of aliphatic hydroxyl groups excluding tert-OH is 1. The number of carbonyl (C=O) groups is 2.